The van der Waals surface area contributed by atoms with E-state index in [1.807, 2.05) is 18.3 Å². The van der Waals surface area contributed by atoms with Crippen molar-refractivity contribution in [2.75, 3.05) is 30.3 Å². The van der Waals surface area contributed by atoms with Crippen LogP contribution in [0.5, 0.6) is 5.75 Å². The van der Waals surface area contributed by atoms with Crippen molar-refractivity contribution >= 4 is 34.7 Å². The maximum atomic E-state index is 6.34. The molecule has 0 spiro atoms. The molecule has 3 N–H and O–H groups in total. The molecule has 0 radical (unpaired) electrons. The summed E-state index contributed by atoms with van der Waals surface area (Å²) in [5.41, 5.74) is 4.06. The van der Waals surface area contributed by atoms with Gasteiger partial charge in [-0.3, -0.25) is 4.98 Å². The number of aromatic nitrogens is 3. The maximum absolute atomic E-state index is 6.34. The summed E-state index contributed by atoms with van der Waals surface area (Å²) in [4.78, 5) is 13.2. The molecule has 0 unspecified atom stereocenters. The number of nitrogens with zero attached hydrogens (tertiary/aromatic N) is 3. The number of piperidine rings is 1. The predicted octanol–water partition coefficient (Wildman–Crippen LogP) is 4.49. The number of benzene rings is 1. The Balaban J connectivity index is 1.46. The van der Waals surface area contributed by atoms with Crippen molar-refractivity contribution in [3.8, 4) is 5.75 Å². The number of halogens is 1. The third-order valence-corrected chi connectivity index (χ3v) is 6.01. The lowest BCUT2D eigenvalue weighted by Gasteiger charge is -2.23. The largest absolute Gasteiger partial charge is 0.493 e. The van der Waals surface area contributed by atoms with Gasteiger partial charge in [-0.25, -0.2) is 4.98 Å². The number of ether oxygens (including phenoxy) is 1. The fraction of sp³-hybridized carbons (Fsp3) is 0.348. The van der Waals surface area contributed by atoms with E-state index in [9.17, 15) is 0 Å². The van der Waals surface area contributed by atoms with Gasteiger partial charge in [0.1, 0.15) is 10.8 Å². The first-order valence-corrected chi connectivity index (χ1v) is 11.1. The van der Waals surface area contributed by atoms with Crippen molar-refractivity contribution in [2.45, 2.75) is 25.7 Å². The fourth-order valence-corrected chi connectivity index (χ4v) is 4.14. The van der Waals surface area contributed by atoms with E-state index in [1.165, 1.54) is 0 Å². The van der Waals surface area contributed by atoms with Crippen LogP contribution in [0.25, 0.3) is 0 Å². The van der Waals surface area contributed by atoms with E-state index in [0.29, 0.717) is 22.7 Å². The normalized spacial score (nSPS) is 16.2. The molecule has 1 saturated heterocycles. The van der Waals surface area contributed by atoms with Gasteiger partial charge < -0.3 is 20.7 Å². The molecule has 1 fully saturated rings. The summed E-state index contributed by atoms with van der Waals surface area (Å²) >= 11 is 6.34. The standard InChI is InChI=1S/C23H25ClN6O/c24-20-13-27-23-29-19-9-16(11-26-12-19)1-2-17-10-18(28-22(20)30-23)3-4-21(17)31-14-15-5-7-25-8-6-15/h3-4,9-13,15,25H,1-2,5-8,14H2,(H2,27,28,29,30). The SMILES string of the molecule is Clc1cnc2nc1Nc1ccc(OCC3CCNCC3)c(c1)CCc1cncc(c1)N2. The van der Waals surface area contributed by atoms with Crippen LogP contribution in [0.1, 0.15) is 24.0 Å². The van der Waals surface area contributed by atoms with E-state index in [-0.39, 0.29) is 0 Å². The molecule has 31 heavy (non-hydrogen) atoms. The lowest BCUT2D eigenvalue weighted by Crippen LogP contribution is -2.30. The van der Waals surface area contributed by atoms with Crippen LogP contribution in [0.2, 0.25) is 5.02 Å². The molecule has 0 atom stereocenters. The van der Waals surface area contributed by atoms with Crippen LogP contribution in [-0.2, 0) is 12.8 Å². The second kappa shape index (κ2) is 9.08. The number of aryl methyl sites for hydroxylation is 2. The average molecular weight is 437 g/mol. The number of fused-ring (bicyclic) bond motifs is 6. The van der Waals surface area contributed by atoms with Gasteiger partial charge in [0, 0.05) is 11.9 Å². The van der Waals surface area contributed by atoms with Crippen molar-refractivity contribution < 1.29 is 4.74 Å². The monoisotopic (exact) mass is 436 g/mol. The number of rotatable bonds is 3. The van der Waals surface area contributed by atoms with Gasteiger partial charge in [0.05, 0.1) is 24.7 Å². The molecule has 2 aliphatic rings. The molecule has 3 aromatic rings. The summed E-state index contributed by atoms with van der Waals surface area (Å²) in [7, 11) is 0. The first-order chi connectivity index (χ1) is 15.2. The Morgan fingerprint density at radius 1 is 1.00 bits per heavy atom. The zero-order chi connectivity index (χ0) is 21.0. The highest BCUT2D eigenvalue weighted by molar-refractivity contribution is 6.32. The molecule has 1 aromatic carbocycles. The Morgan fingerprint density at radius 2 is 1.90 bits per heavy atom. The molecule has 0 aliphatic carbocycles. The minimum Gasteiger partial charge on any atom is -0.493 e. The summed E-state index contributed by atoms with van der Waals surface area (Å²) in [5, 5.41) is 10.4. The highest BCUT2D eigenvalue weighted by atomic mass is 35.5. The van der Waals surface area contributed by atoms with E-state index in [1.54, 1.807) is 12.4 Å². The van der Waals surface area contributed by atoms with Gasteiger partial charge in [0.25, 0.3) is 0 Å². The van der Waals surface area contributed by atoms with E-state index in [4.69, 9.17) is 16.3 Å². The molecule has 2 aliphatic heterocycles. The Kier molecular flexibility index (Phi) is 5.86. The molecule has 4 heterocycles. The highest BCUT2D eigenvalue weighted by Crippen LogP contribution is 2.30. The summed E-state index contributed by atoms with van der Waals surface area (Å²) in [5.74, 6) is 2.56. The van der Waals surface area contributed by atoms with Crippen LogP contribution in [0.3, 0.4) is 0 Å². The van der Waals surface area contributed by atoms with Gasteiger partial charge in [0.2, 0.25) is 5.95 Å². The van der Waals surface area contributed by atoms with Crippen molar-refractivity contribution in [2.24, 2.45) is 5.92 Å². The summed E-state index contributed by atoms with van der Waals surface area (Å²) in [6.07, 6.45) is 9.28. The Bertz CT molecular complexity index is 1070. The van der Waals surface area contributed by atoms with Crippen molar-refractivity contribution in [3.63, 3.8) is 0 Å². The highest BCUT2D eigenvalue weighted by Gasteiger charge is 2.16. The quantitative estimate of drug-likeness (QED) is 0.557. The Morgan fingerprint density at radius 3 is 2.81 bits per heavy atom. The molecule has 8 heteroatoms. The third kappa shape index (κ3) is 4.89. The molecule has 6 bridgehead atoms. The van der Waals surface area contributed by atoms with Crippen LogP contribution in [-0.4, -0.2) is 34.6 Å². The molecular weight excluding hydrogens is 412 g/mol. The van der Waals surface area contributed by atoms with Gasteiger partial charge in [0.15, 0.2) is 5.82 Å². The molecule has 7 nitrogen and oxygen atoms in total. The van der Waals surface area contributed by atoms with Crippen LogP contribution < -0.4 is 20.7 Å². The molecule has 5 rings (SSSR count). The zero-order valence-electron chi connectivity index (χ0n) is 17.2. The predicted molar refractivity (Wildman–Crippen MR) is 123 cm³/mol. The summed E-state index contributed by atoms with van der Waals surface area (Å²) in [6, 6.07) is 8.25. The first-order valence-electron chi connectivity index (χ1n) is 10.7. The minimum atomic E-state index is 0.458. The van der Waals surface area contributed by atoms with Gasteiger partial charge >= 0.3 is 0 Å². The number of anilines is 4. The lowest BCUT2D eigenvalue weighted by molar-refractivity contribution is 0.213. The lowest BCUT2D eigenvalue weighted by atomic mass is 9.99. The van der Waals surface area contributed by atoms with Crippen LogP contribution >= 0.6 is 11.6 Å². The zero-order valence-corrected chi connectivity index (χ0v) is 18.0. The Hall–Kier alpha value is -2.90. The number of hydrogen-bond donors (Lipinski definition) is 3. The van der Waals surface area contributed by atoms with Crippen molar-refractivity contribution in [3.05, 3.63) is 59.0 Å². The summed E-state index contributed by atoms with van der Waals surface area (Å²) < 4.78 is 6.29. The average Bonchev–Trinajstić information content (AvgIpc) is 2.80. The van der Waals surface area contributed by atoms with E-state index >= 15 is 0 Å². The number of hydrogen-bond acceptors (Lipinski definition) is 7. The summed E-state index contributed by atoms with van der Waals surface area (Å²) in [6.45, 7) is 2.90. The van der Waals surface area contributed by atoms with Crippen molar-refractivity contribution in [1.82, 2.24) is 20.3 Å². The van der Waals surface area contributed by atoms with Gasteiger partial charge in [-0.1, -0.05) is 11.6 Å². The maximum Gasteiger partial charge on any atom is 0.229 e. The fourth-order valence-electron chi connectivity index (χ4n) is 4.00. The first kappa shape index (κ1) is 20.0. The van der Waals surface area contributed by atoms with E-state index < -0.39 is 0 Å². The molecule has 0 amide bonds. The topological polar surface area (TPSA) is 84.0 Å². The van der Waals surface area contributed by atoms with E-state index in [2.05, 4.69) is 43.0 Å². The smallest absolute Gasteiger partial charge is 0.229 e. The minimum absolute atomic E-state index is 0.458. The molecular formula is C23H25ClN6O. The molecule has 2 aromatic heterocycles. The van der Waals surface area contributed by atoms with Gasteiger partial charge in [-0.15, -0.1) is 0 Å². The molecule has 0 saturated carbocycles. The second-order valence-electron chi connectivity index (χ2n) is 8.05. The van der Waals surface area contributed by atoms with Crippen LogP contribution in [0.4, 0.5) is 23.1 Å². The van der Waals surface area contributed by atoms with Gasteiger partial charge in [-0.2, -0.15) is 4.98 Å². The van der Waals surface area contributed by atoms with Crippen molar-refractivity contribution in [1.29, 1.82) is 0 Å². The second-order valence-corrected chi connectivity index (χ2v) is 8.46. The third-order valence-electron chi connectivity index (χ3n) is 5.73. The molecule has 160 valence electrons. The Labute approximate surface area is 186 Å². The van der Waals surface area contributed by atoms with Crippen LogP contribution in [0.15, 0.2) is 42.9 Å². The van der Waals surface area contributed by atoms with E-state index in [0.717, 1.165) is 73.6 Å². The van der Waals surface area contributed by atoms with Gasteiger partial charge in [-0.05, 0) is 80.1 Å². The number of nitrogens with one attached hydrogen (secondary N) is 3. The number of pyridine rings is 1. The van der Waals surface area contributed by atoms with Crippen LogP contribution in [0, 0.1) is 5.92 Å².